The van der Waals surface area contributed by atoms with E-state index in [2.05, 4.69) is 32.5 Å². The monoisotopic (exact) mass is 528 g/mol. The largest absolute Gasteiger partial charge is 0.379 e. The number of ether oxygens (including phenoxy) is 2. The van der Waals surface area contributed by atoms with Gasteiger partial charge in [0.05, 0.1) is 19.3 Å². The summed E-state index contributed by atoms with van der Waals surface area (Å²) < 4.78 is 13.2. The molecular weight excluding hydrogens is 495 g/mol. The van der Waals surface area contributed by atoms with Crippen LogP contribution in [0.2, 0.25) is 0 Å². The SMILES string of the molecule is CCNC(=NCc1ccc(-n2ccnc2C)nc1)NCCCOCC1CCCO1.I. The van der Waals surface area contributed by atoms with Crippen molar-refractivity contribution in [2.75, 3.05) is 32.9 Å². The molecule has 1 saturated heterocycles. The number of aryl methyl sites for hydroxylation is 1. The third kappa shape index (κ3) is 7.84. The molecule has 1 fully saturated rings. The first-order chi connectivity index (χ1) is 14.3. The average molecular weight is 528 g/mol. The minimum atomic E-state index is 0. The topological polar surface area (TPSA) is 85.6 Å². The van der Waals surface area contributed by atoms with Crippen molar-refractivity contribution < 1.29 is 9.47 Å². The van der Waals surface area contributed by atoms with Crippen LogP contribution in [0.3, 0.4) is 0 Å². The van der Waals surface area contributed by atoms with Crippen molar-refractivity contribution in [1.29, 1.82) is 0 Å². The van der Waals surface area contributed by atoms with Gasteiger partial charge in [0.1, 0.15) is 11.6 Å². The molecule has 0 saturated carbocycles. The number of aromatic nitrogens is 3. The van der Waals surface area contributed by atoms with E-state index in [1.807, 2.05) is 36.0 Å². The number of imidazole rings is 1. The average Bonchev–Trinajstić information content (AvgIpc) is 3.41. The summed E-state index contributed by atoms with van der Waals surface area (Å²) in [4.78, 5) is 13.4. The zero-order valence-electron chi connectivity index (χ0n) is 17.8. The van der Waals surface area contributed by atoms with Gasteiger partial charge in [0.15, 0.2) is 5.96 Å². The molecule has 0 aliphatic carbocycles. The second-order valence-electron chi connectivity index (χ2n) is 7.05. The number of nitrogens with one attached hydrogen (secondary N) is 2. The molecule has 2 aromatic heterocycles. The third-order valence-electron chi connectivity index (χ3n) is 4.73. The number of rotatable bonds is 10. The summed E-state index contributed by atoms with van der Waals surface area (Å²) in [5.74, 6) is 2.59. The molecule has 30 heavy (non-hydrogen) atoms. The molecule has 8 nitrogen and oxygen atoms in total. The quantitative estimate of drug-likeness (QED) is 0.214. The Bertz CT molecular complexity index is 759. The van der Waals surface area contributed by atoms with Gasteiger partial charge in [-0.05, 0) is 44.7 Å². The van der Waals surface area contributed by atoms with Gasteiger partial charge >= 0.3 is 0 Å². The van der Waals surface area contributed by atoms with E-state index in [1.165, 1.54) is 0 Å². The van der Waals surface area contributed by atoms with Crippen molar-refractivity contribution in [3.8, 4) is 5.82 Å². The lowest BCUT2D eigenvalue weighted by molar-refractivity contribution is 0.0168. The fourth-order valence-corrected chi connectivity index (χ4v) is 3.16. The Morgan fingerprint density at radius 3 is 2.90 bits per heavy atom. The van der Waals surface area contributed by atoms with Crippen molar-refractivity contribution in [3.05, 3.63) is 42.1 Å². The lowest BCUT2D eigenvalue weighted by Gasteiger charge is -2.12. The van der Waals surface area contributed by atoms with Crippen LogP contribution < -0.4 is 10.6 Å². The maximum Gasteiger partial charge on any atom is 0.191 e. The van der Waals surface area contributed by atoms with Crippen molar-refractivity contribution in [2.45, 2.75) is 45.8 Å². The van der Waals surface area contributed by atoms with E-state index in [-0.39, 0.29) is 24.0 Å². The lowest BCUT2D eigenvalue weighted by Crippen LogP contribution is -2.38. The fraction of sp³-hybridized carbons (Fsp3) is 0.571. The molecular formula is C21H33IN6O2. The third-order valence-corrected chi connectivity index (χ3v) is 4.73. The van der Waals surface area contributed by atoms with Gasteiger partial charge in [-0.1, -0.05) is 6.07 Å². The lowest BCUT2D eigenvalue weighted by atomic mass is 10.2. The maximum absolute atomic E-state index is 5.70. The van der Waals surface area contributed by atoms with Crippen molar-refractivity contribution in [3.63, 3.8) is 0 Å². The van der Waals surface area contributed by atoms with Gasteiger partial charge in [0.2, 0.25) is 0 Å². The molecule has 3 heterocycles. The van der Waals surface area contributed by atoms with Gasteiger partial charge in [0, 0.05) is 44.9 Å². The summed E-state index contributed by atoms with van der Waals surface area (Å²) in [5.41, 5.74) is 1.06. The van der Waals surface area contributed by atoms with Crippen LogP contribution in [-0.4, -0.2) is 59.5 Å². The molecule has 0 aromatic carbocycles. The Balaban J connectivity index is 0.00000320. The van der Waals surface area contributed by atoms with Gasteiger partial charge in [-0.2, -0.15) is 0 Å². The summed E-state index contributed by atoms with van der Waals surface area (Å²) in [7, 11) is 0. The number of halogens is 1. The number of hydrogen-bond donors (Lipinski definition) is 2. The van der Waals surface area contributed by atoms with Gasteiger partial charge < -0.3 is 20.1 Å². The summed E-state index contributed by atoms with van der Waals surface area (Å²) in [6, 6.07) is 4.04. The highest BCUT2D eigenvalue weighted by atomic mass is 127. The van der Waals surface area contributed by atoms with Crippen LogP contribution >= 0.6 is 24.0 Å². The highest BCUT2D eigenvalue weighted by molar-refractivity contribution is 14.0. The standard InChI is InChI=1S/C21H32N6O2.HI/c1-3-22-21(24-9-5-12-28-16-19-6-4-13-29-19)26-15-18-7-8-20(25-14-18)27-11-10-23-17(27)2;/h7-8,10-11,14,19H,3-6,9,12-13,15-16H2,1-2H3,(H2,22,24,26);1H. The normalized spacial score (nSPS) is 16.3. The summed E-state index contributed by atoms with van der Waals surface area (Å²) in [6.07, 6.45) is 9.04. The Morgan fingerprint density at radius 2 is 2.23 bits per heavy atom. The first kappa shape index (κ1) is 24.5. The first-order valence-electron chi connectivity index (χ1n) is 10.4. The molecule has 1 unspecified atom stereocenters. The van der Waals surface area contributed by atoms with E-state index in [0.29, 0.717) is 19.3 Å². The zero-order valence-corrected chi connectivity index (χ0v) is 20.2. The van der Waals surface area contributed by atoms with Crippen molar-refractivity contribution in [2.24, 2.45) is 4.99 Å². The molecule has 0 amide bonds. The second kappa shape index (κ2) is 13.6. The Labute approximate surface area is 195 Å². The predicted octanol–water partition coefficient (Wildman–Crippen LogP) is 2.83. The number of nitrogens with zero attached hydrogens (tertiary/aromatic N) is 4. The van der Waals surface area contributed by atoms with Crippen LogP contribution in [0, 0.1) is 6.92 Å². The van der Waals surface area contributed by atoms with Crippen LogP contribution in [0.25, 0.3) is 5.82 Å². The summed E-state index contributed by atoms with van der Waals surface area (Å²) in [6.45, 7) is 8.53. The smallest absolute Gasteiger partial charge is 0.191 e. The Kier molecular flexibility index (Phi) is 11.1. The Morgan fingerprint density at radius 1 is 1.33 bits per heavy atom. The minimum Gasteiger partial charge on any atom is -0.379 e. The van der Waals surface area contributed by atoms with Crippen LogP contribution in [-0.2, 0) is 16.0 Å². The number of pyridine rings is 1. The summed E-state index contributed by atoms with van der Waals surface area (Å²) in [5, 5.41) is 6.63. The Hall–Kier alpha value is -1.72. The molecule has 0 spiro atoms. The molecule has 1 aliphatic rings. The molecule has 9 heteroatoms. The van der Waals surface area contributed by atoms with E-state index >= 15 is 0 Å². The van der Waals surface area contributed by atoms with Gasteiger partial charge in [-0.3, -0.25) is 4.57 Å². The van der Waals surface area contributed by atoms with E-state index in [0.717, 1.165) is 68.7 Å². The molecule has 2 N–H and O–H groups in total. The van der Waals surface area contributed by atoms with Crippen molar-refractivity contribution >= 4 is 29.9 Å². The highest BCUT2D eigenvalue weighted by Gasteiger charge is 2.14. The molecule has 3 rings (SSSR count). The minimum absolute atomic E-state index is 0. The molecule has 0 radical (unpaired) electrons. The molecule has 0 bridgehead atoms. The highest BCUT2D eigenvalue weighted by Crippen LogP contribution is 2.12. The summed E-state index contributed by atoms with van der Waals surface area (Å²) >= 11 is 0. The second-order valence-corrected chi connectivity index (χ2v) is 7.05. The molecule has 1 atom stereocenters. The number of hydrogen-bond acceptors (Lipinski definition) is 5. The first-order valence-corrected chi connectivity index (χ1v) is 10.4. The predicted molar refractivity (Wildman–Crippen MR) is 129 cm³/mol. The van der Waals surface area contributed by atoms with E-state index < -0.39 is 0 Å². The van der Waals surface area contributed by atoms with Crippen LogP contribution in [0.1, 0.15) is 37.6 Å². The van der Waals surface area contributed by atoms with Gasteiger partial charge in [0.25, 0.3) is 0 Å². The van der Waals surface area contributed by atoms with E-state index in [1.54, 1.807) is 6.20 Å². The number of guanidine groups is 1. The maximum atomic E-state index is 5.70. The number of aliphatic imine (C=N–C) groups is 1. The van der Waals surface area contributed by atoms with Gasteiger partial charge in [-0.15, -0.1) is 24.0 Å². The molecule has 2 aromatic rings. The molecule has 166 valence electrons. The zero-order chi connectivity index (χ0) is 20.3. The van der Waals surface area contributed by atoms with Crippen LogP contribution in [0.4, 0.5) is 0 Å². The van der Waals surface area contributed by atoms with Crippen molar-refractivity contribution in [1.82, 2.24) is 25.2 Å². The van der Waals surface area contributed by atoms with E-state index in [4.69, 9.17) is 9.47 Å². The van der Waals surface area contributed by atoms with Crippen LogP contribution in [0.15, 0.2) is 35.7 Å². The van der Waals surface area contributed by atoms with E-state index in [9.17, 15) is 0 Å². The van der Waals surface area contributed by atoms with Crippen LogP contribution in [0.5, 0.6) is 0 Å². The fourth-order valence-electron chi connectivity index (χ4n) is 3.16. The van der Waals surface area contributed by atoms with Gasteiger partial charge in [-0.25, -0.2) is 15.0 Å². The molecule has 1 aliphatic heterocycles.